The van der Waals surface area contributed by atoms with E-state index >= 15 is 0 Å². The average molecular weight is 306 g/mol. The summed E-state index contributed by atoms with van der Waals surface area (Å²) in [5.41, 5.74) is -0.723. The van der Waals surface area contributed by atoms with Gasteiger partial charge in [0.1, 0.15) is 6.26 Å². The molecule has 0 saturated carbocycles. The Labute approximate surface area is 120 Å². The van der Waals surface area contributed by atoms with Crippen LogP contribution in [-0.2, 0) is 27.9 Å². The third kappa shape index (κ3) is 5.57. The van der Waals surface area contributed by atoms with Gasteiger partial charge in [-0.25, -0.2) is 0 Å². The highest BCUT2D eigenvalue weighted by molar-refractivity contribution is 7.55. The van der Waals surface area contributed by atoms with Gasteiger partial charge >= 0.3 is 13.6 Å². The molecule has 0 heterocycles. The Morgan fingerprint density at radius 2 is 1.65 bits per heavy atom. The average Bonchev–Trinajstić information content (AvgIpc) is 2.42. The normalized spacial score (nSPS) is 13.9. The van der Waals surface area contributed by atoms with E-state index in [0.717, 1.165) is 6.26 Å². The topological polar surface area (TPSA) is 78.9 Å². The second-order valence-corrected chi connectivity index (χ2v) is 6.44. The molecule has 0 N–H and O–H groups in total. The van der Waals surface area contributed by atoms with Gasteiger partial charge < -0.3 is 13.8 Å². The smallest absolute Gasteiger partial charge is 0.344 e. The van der Waals surface area contributed by atoms with Crippen molar-refractivity contribution in [2.24, 2.45) is 0 Å². The molecule has 0 spiro atoms. The number of rotatable bonds is 9. The molecule has 0 aliphatic carbocycles. The van der Waals surface area contributed by atoms with Gasteiger partial charge in [-0.2, -0.15) is 0 Å². The van der Waals surface area contributed by atoms with Crippen LogP contribution in [-0.4, -0.2) is 30.6 Å². The molecule has 0 bridgehead atoms. The lowest BCUT2D eigenvalue weighted by Crippen LogP contribution is -2.21. The SMILES string of the molecule is CCOP(=O)(OCC)C(C)C(=O)O/C=C(\C)C(=O)CC. The fourth-order valence-electron chi connectivity index (χ4n) is 1.34. The molecule has 0 radical (unpaired) electrons. The zero-order valence-electron chi connectivity index (χ0n) is 12.7. The fraction of sp³-hybridized carbons (Fsp3) is 0.692. The van der Waals surface area contributed by atoms with Crippen molar-refractivity contribution in [1.82, 2.24) is 0 Å². The van der Waals surface area contributed by atoms with Gasteiger partial charge in [0.05, 0.1) is 13.2 Å². The monoisotopic (exact) mass is 306 g/mol. The van der Waals surface area contributed by atoms with Crippen molar-refractivity contribution >= 4 is 19.3 Å². The third-order valence-electron chi connectivity index (χ3n) is 2.55. The van der Waals surface area contributed by atoms with Crippen LogP contribution in [0.15, 0.2) is 11.8 Å². The molecular weight excluding hydrogens is 283 g/mol. The van der Waals surface area contributed by atoms with Crippen LogP contribution in [0.2, 0.25) is 0 Å². The summed E-state index contributed by atoms with van der Waals surface area (Å²) in [5.74, 6) is -0.873. The van der Waals surface area contributed by atoms with Crippen molar-refractivity contribution in [3.8, 4) is 0 Å². The van der Waals surface area contributed by atoms with Crippen LogP contribution < -0.4 is 0 Å². The van der Waals surface area contributed by atoms with E-state index in [-0.39, 0.29) is 19.0 Å². The van der Waals surface area contributed by atoms with Gasteiger partial charge in [-0.1, -0.05) is 6.92 Å². The van der Waals surface area contributed by atoms with Crippen LogP contribution in [0.1, 0.15) is 41.0 Å². The van der Waals surface area contributed by atoms with Crippen LogP contribution in [0.25, 0.3) is 0 Å². The summed E-state index contributed by atoms with van der Waals surface area (Å²) in [6, 6.07) is 0. The quantitative estimate of drug-likeness (QED) is 0.282. The summed E-state index contributed by atoms with van der Waals surface area (Å²) in [6.45, 7) is 8.33. The molecule has 0 aromatic carbocycles. The van der Waals surface area contributed by atoms with E-state index < -0.39 is 19.2 Å². The molecule has 0 aliphatic heterocycles. The first-order valence-electron chi connectivity index (χ1n) is 6.61. The zero-order chi connectivity index (χ0) is 15.8. The van der Waals surface area contributed by atoms with Crippen LogP contribution >= 0.6 is 7.60 Å². The predicted octanol–water partition coefficient (Wildman–Crippen LogP) is 3.07. The van der Waals surface area contributed by atoms with Crippen molar-refractivity contribution in [1.29, 1.82) is 0 Å². The maximum absolute atomic E-state index is 12.4. The van der Waals surface area contributed by atoms with Crippen molar-refractivity contribution in [3.05, 3.63) is 11.8 Å². The van der Waals surface area contributed by atoms with Crippen LogP contribution in [0.4, 0.5) is 0 Å². The number of Topliss-reactive ketones (excluding diaryl/α,β-unsaturated/α-hetero) is 1. The van der Waals surface area contributed by atoms with Gasteiger partial charge in [0, 0.05) is 12.0 Å². The maximum Gasteiger partial charge on any atom is 0.344 e. The molecule has 20 heavy (non-hydrogen) atoms. The summed E-state index contributed by atoms with van der Waals surface area (Å²) in [4.78, 5) is 23.2. The Bertz CT molecular complexity index is 405. The molecule has 0 aromatic heterocycles. The number of carbonyl (C=O) groups is 2. The molecule has 0 fully saturated rings. The number of ketones is 1. The second kappa shape index (κ2) is 9.06. The minimum Gasteiger partial charge on any atom is -0.433 e. The van der Waals surface area contributed by atoms with Crippen molar-refractivity contribution in [3.63, 3.8) is 0 Å². The zero-order valence-corrected chi connectivity index (χ0v) is 13.6. The van der Waals surface area contributed by atoms with Crippen LogP contribution in [0, 0.1) is 0 Å². The lowest BCUT2D eigenvalue weighted by Gasteiger charge is -2.21. The number of hydrogen-bond donors (Lipinski definition) is 0. The molecule has 116 valence electrons. The maximum atomic E-state index is 12.4. The van der Waals surface area contributed by atoms with Gasteiger partial charge in [-0.3, -0.25) is 14.2 Å². The highest BCUT2D eigenvalue weighted by Gasteiger charge is 2.38. The minimum absolute atomic E-state index is 0.122. The van der Waals surface area contributed by atoms with Crippen LogP contribution in [0.3, 0.4) is 0 Å². The number of ether oxygens (including phenoxy) is 1. The van der Waals surface area contributed by atoms with E-state index in [0.29, 0.717) is 12.0 Å². The molecule has 1 atom stereocenters. The molecular formula is C13H23O6P. The Hall–Kier alpha value is -0.970. The lowest BCUT2D eigenvalue weighted by molar-refractivity contribution is -0.137. The van der Waals surface area contributed by atoms with E-state index in [1.807, 2.05) is 0 Å². The number of carbonyl (C=O) groups excluding carboxylic acids is 2. The van der Waals surface area contributed by atoms with E-state index in [2.05, 4.69) is 0 Å². The van der Waals surface area contributed by atoms with Crippen molar-refractivity contribution in [2.75, 3.05) is 13.2 Å². The molecule has 0 amide bonds. The Kier molecular flexibility index (Phi) is 8.62. The van der Waals surface area contributed by atoms with E-state index in [1.165, 1.54) is 6.92 Å². The Balaban J connectivity index is 4.83. The molecule has 0 rings (SSSR count). The third-order valence-corrected chi connectivity index (χ3v) is 4.94. The minimum atomic E-state index is -3.55. The summed E-state index contributed by atoms with van der Waals surface area (Å²) >= 11 is 0. The Morgan fingerprint density at radius 3 is 2.05 bits per heavy atom. The molecule has 7 heteroatoms. The van der Waals surface area contributed by atoms with E-state index in [1.54, 1.807) is 27.7 Å². The van der Waals surface area contributed by atoms with Gasteiger partial charge in [-0.15, -0.1) is 0 Å². The number of esters is 1. The number of allylic oxidation sites excluding steroid dienone is 1. The van der Waals surface area contributed by atoms with Crippen molar-refractivity contribution in [2.45, 2.75) is 46.7 Å². The van der Waals surface area contributed by atoms with Gasteiger partial charge in [-0.05, 0) is 27.7 Å². The summed E-state index contributed by atoms with van der Waals surface area (Å²) < 4.78 is 27.4. The fourth-order valence-corrected chi connectivity index (χ4v) is 2.90. The first kappa shape index (κ1) is 19.0. The van der Waals surface area contributed by atoms with E-state index in [4.69, 9.17) is 13.8 Å². The molecule has 6 nitrogen and oxygen atoms in total. The summed E-state index contributed by atoms with van der Waals surface area (Å²) in [7, 11) is -3.55. The van der Waals surface area contributed by atoms with E-state index in [9.17, 15) is 14.2 Å². The van der Waals surface area contributed by atoms with Gasteiger partial charge in [0.15, 0.2) is 11.4 Å². The largest absolute Gasteiger partial charge is 0.433 e. The second-order valence-electron chi connectivity index (χ2n) is 4.07. The van der Waals surface area contributed by atoms with Gasteiger partial charge in [0.2, 0.25) is 0 Å². The number of hydrogen-bond acceptors (Lipinski definition) is 6. The van der Waals surface area contributed by atoms with Gasteiger partial charge in [0.25, 0.3) is 0 Å². The molecule has 0 aromatic rings. The standard InChI is InChI=1S/C13H23O6P/c1-6-12(14)10(4)9-17-13(15)11(5)20(16,18-7-2)19-8-3/h9,11H,6-8H2,1-5H3/b10-9+. The first-order valence-corrected chi connectivity index (χ1v) is 8.22. The van der Waals surface area contributed by atoms with Crippen LogP contribution in [0.5, 0.6) is 0 Å². The molecule has 0 saturated heterocycles. The first-order chi connectivity index (χ1) is 9.32. The highest BCUT2D eigenvalue weighted by Crippen LogP contribution is 2.53. The lowest BCUT2D eigenvalue weighted by atomic mass is 10.2. The molecule has 0 aliphatic rings. The molecule has 1 unspecified atom stereocenters. The van der Waals surface area contributed by atoms with Crippen molar-refractivity contribution < 1.29 is 27.9 Å². The highest BCUT2D eigenvalue weighted by atomic mass is 31.2. The summed E-state index contributed by atoms with van der Waals surface area (Å²) in [5, 5.41) is 0. The predicted molar refractivity (Wildman–Crippen MR) is 75.5 cm³/mol. The Morgan fingerprint density at radius 1 is 1.15 bits per heavy atom. The summed E-state index contributed by atoms with van der Waals surface area (Å²) in [6.07, 6.45) is 1.40.